The fourth-order valence-corrected chi connectivity index (χ4v) is 2.16. The molecule has 0 heterocycles. The van der Waals surface area contributed by atoms with Crippen molar-refractivity contribution in [3.8, 4) is 11.5 Å². The van der Waals surface area contributed by atoms with Gasteiger partial charge in [-0.2, -0.15) is 0 Å². The Morgan fingerprint density at radius 2 is 1.68 bits per heavy atom. The molecule has 0 aliphatic carbocycles. The Morgan fingerprint density at radius 3 is 2.27 bits per heavy atom. The maximum absolute atomic E-state index is 11.2. The quantitative estimate of drug-likeness (QED) is 0.467. The van der Waals surface area contributed by atoms with Gasteiger partial charge in [0.15, 0.2) is 0 Å². The van der Waals surface area contributed by atoms with E-state index in [2.05, 4.69) is 0 Å². The van der Waals surface area contributed by atoms with E-state index in [4.69, 9.17) is 44.6 Å². The average Bonchev–Trinajstić information content (AvgIpc) is 2.44. The van der Waals surface area contributed by atoms with E-state index in [0.29, 0.717) is 0 Å². The number of rotatable bonds is 4. The Bertz CT molecular complexity index is 779. The third-order valence-electron chi connectivity index (χ3n) is 2.60. The zero-order chi connectivity index (χ0) is 16.4. The van der Waals surface area contributed by atoms with Crippen molar-refractivity contribution in [2.75, 3.05) is 0 Å². The molecule has 0 radical (unpaired) electrons. The number of hydrogen-bond acceptors (Lipinski definition) is 4. The van der Waals surface area contributed by atoms with Crippen LogP contribution in [0, 0.1) is 10.1 Å². The fraction of sp³-hybridized carbons (Fsp3) is 0. The highest BCUT2D eigenvalue weighted by atomic mass is 35.5. The zero-order valence-corrected chi connectivity index (χ0v) is 12.8. The summed E-state index contributed by atoms with van der Waals surface area (Å²) >= 11 is 17.6. The van der Waals surface area contributed by atoms with Crippen LogP contribution in [0.2, 0.25) is 15.1 Å². The standard InChI is InChI=1S/C13H6Cl3NO5/c14-8-4-10(16)12(5-9(8)15)22-11-3-6(17(20)21)1-2-7(11)13(18)19/h1-5H,(H,18,19). The van der Waals surface area contributed by atoms with Gasteiger partial charge in [0.1, 0.15) is 17.1 Å². The molecular weight excluding hydrogens is 357 g/mol. The summed E-state index contributed by atoms with van der Waals surface area (Å²) in [5.41, 5.74) is -0.580. The first-order valence-electron chi connectivity index (χ1n) is 5.63. The zero-order valence-electron chi connectivity index (χ0n) is 10.5. The molecule has 2 aromatic rings. The van der Waals surface area contributed by atoms with Gasteiger partial charge in [0.2, 0.25) is 0 Å². The monoisotopic (exact) mass is 361 g/mol. The van der Waals surface area contributed by atoms with Crippen molar-refractivity contribution in [3.05, 3.63) is 61.1 Å². The normalized spacial score (nSPS) is 10.3. The van der Waals surface area contributed by atoms with Crippen LogP contribution in [0.15, 0.2) is 30.3 Å². The summed E-state index contributed by atoms with van der Waals surface area (Å²) in [5.74, 6) is -1.51. The van der Waals surface area contributed by atoms with Gasteiger partial charge in [0.25, 0.3) is 5.69 Å². The molecule has 114 valence electrons. The van der Waals surface area contributed by atoms with Crippen LogP contribution in [0.1, 0.15) is 10.4 Å². The van der Waals surface area contributed by atoms with Crippen LogP contribution < -0.4 is 4.74 Å². The second-order valence-electron chi connectivity index (χ2n) is 4.04. The molecule has 0 aromatic heterocycles. The summed E-state index contributed by atoms with van der Waals surface area (Å²) < 4.78 is 5.37. The van der Waals surface area contributed by atoms with Crippen molar-refractivity contribution in [2.45, 2.75) is 0 Å². The lowest BCUT2D eigenvalue weighted by atomic mass is 10.2. The van der Waals surface area contributed by atoms with Crippen molar-refractivity contribution in [1.29, 1.82) is 0 Å². The van der Waals surface area contributed by atoms with E-state index in [1.807, 2.05) is 0 Å². The summed E-state index contributed by atoms with van der Waals surface area (Å²) in [6.07, 6.45) is 0. The third kappa shape index (κ3) is 3.41. The molecule has 0 atom stereocenters. The number of nitrogens with zero attached hydrogens (tertiary/aromatic N) is 1. The van der Waals surface area contributed by atoms with Crippen LogP contribution in [0.3, 0.4) is 0 Å². The number of halogens is 3. The Morgan fingerprint density at radius 1 is 1.05 bits per heavy atom. The fourth-order valence-electron chi connectivity index (χ4n) is 1.59. The number of hydrogen-bond donors (Lipinski definition) is 1. The Balaban J connectivity index is 2.52. The molecule has 0 amide bonds. The first kappa shape index (κ1) is 16.4. The number of nitro benzene ring substituents is 1. The van der Waals surface area contributed by atoms with Gasteiger partial charge in [0.05, 0.1) is 26.1 Å². The molecule has 22 heavy (non-hydrogen) atoms. The number of ether oxygens (including phenoxy) is 1. The highest BCUT2D eigenvalue weighted by Gasteiger charge is 2.18. The van der Waals surface area contributed by atoms with Gasteiger partial charge in [0, 0.05) is 12.1 Å². The van der Waals surface area contributed by atoms with E-state index >= 15 is 0 Å². The molecule has 6 nitrogen and oxygen atoms in total. The lowest BCUT2D eigenvalue weighted by Gasteiger charge is -2.11. The summed E-state index contributed by atoms with van der Waals surface area (Å²) in [5, 5.41) is 20.3. The summed E-state index contributed by atoms with van der Waals surface area (Å²) in [6.45, 7) is 0. The molecule has 0 fully saturated rings. The van der Waals surface area contributed by atoms with Gasteiger partial charge < -0.3 is 9.84 Å². The number of carbonyl (C=O) groups is 1. The number of carboxylic acids is 1. The third-order valence-corrected chi connectivity index (χ3v) is 3.62. The van der Waals surface area contributed by atoms with Crippen molar-refractivity contribution in [3.63, 3.8) is 0 Å². The molecule has 2 rings (SSSR count). The highest BCUT2D eigenvalue weighted by molar-refractivity contribution is 6.43. The predicted octanol–water partition coefficient (Wildman–Crippen LogP) is 5.05. The predicted molar refractivity (Wildman–Crippen MR) is 81.6 cm³/mol. The van der Waals surface area contributed by atoms with Crippen molar-refractivity contribution in [2.24, 2.45) is 0 Å². The van der Waals surface area contributed by atoms with Crippen LogP contribution in [-0.4, -0.2) is 16.0 Å². The highest BCUT2D eigenvalue weighted by Crippen LogP contribution is 2.38. The van der Waals surface area contributed by atoms with Crippen LogP contribution in [0.5, 0.6) is 11.5 Å². The van der Waals surface area contributed by atoms with E-state index in [1.54, 1.807) is 0 Å². The van der Waals surface area contributed by atoms with Crippen molar-refractivity contribution >= 4 is 46.5 Å². The minimum atomic E-state index is -1.30. The first-order valence-corrected chi connectivity index (χ1v) is 6.77. The van der Waals surface area contributed by atoms with E-state index < -0.39 is 10.9 Å². The maximum Gasteiger partial charge on any atom is 0.339 e. The molecule has 0 bridgehead atoms. The second-order valence-corrected chi connectivity index (χ2v) is 5.26. The van der Waals surface area contributed by atoms with Gasteiger partial charge >= 0.3 is 5.97 Å². The van der Waals surface area contributed by atoms with E-state index in [1.165, 1.54) is 12.1 Å². The molecule has 0 spiro atoms. The largest absolute Gasteiger partial charge is 0.478 e. The molecule has 0 aliphatic rings. The number of nitro groups is 1. The maximum atomic E-state index is 11.2. The van der Waals surface area contributed by atoms with Crippen LogP contribution >= 0.6 is 34.8 Å². The van der Waals surface area contributed by atoms with E-state index in [-0.39, 0.29) is 37.8 Å². The summed E-state index contributed by atoms with van der Waals surface area (Å²) in [7, 11) is 0. The van der Waals surface area contributed by atoms with Gasteiger partial charge in [-0.1, -0.05) is 34.8 Å². The lowest BCUT2D eigenvalue weighted by molar-refractivity contribution is -0.384. The Hall–Kier alpha value is -2.02. The molecule has 0 saturated carbocycles. The topological polar surface area (TPSA) is 89.7 Å². The lowest BCUT2D eigenvalue weighted by Crippen LogP contribution is -2.01. The van der Waals surface area contributed by atoms with Crippen LogP contribution in [-0.2, 0) is 0 Å². The molecule has 9 heteroatoms. The van der Waals surface area contributed by atoms with E-state index in [0.717, 1.165) is 18.2 Å². The number of carboxylic acid groups (broad SMARTS) is 1. The summed E-state index contributed by atoms with van der Waals surface area (Å²) in [6, 6.07) is 5.73. The Labute approximate surface area is 138 Å². The molecule has 0 unspecified atom stereocenters. The van der Waals surface area contributed by atoms with E-state index in [9.17, 15) is 14.9 Å². The Kier molecular flexibility index (Phi) is 4.75. The van der Waals surface area contributed by atoms with Crippen molar-refractivity contribution < 1.29 is 19.6 Å². The molecule has 2 aromatic carbocycles. The van der Waals surface area contributed by atoms with Gasteiger partial charge in [-0.25, -0.2) is 4.79 Å². The second kappa shape index (κ2) is 6.39. The molecular formula is C13H6Cl3NO5. The number of aromatic carboxylic acids is 1. The molecule has 0 saturated heterocycles. The SMILES string of the molecule is O=C(O)c1ccc([N+](=O)[O-])cc1Oc1cc(Cl)c(Cl)cc1Cl. The number of benzene rings is 2. The van der Waals surface area contributed by atoms with Crippen molar-refractivity contribution in [1.82, 2.24) is 0 Å². The summed E-state index contributed by atoms with van der Waals surface area (Å²) in [4.78, 5) is 21.3. The minimum absolute atomic E-state index is 0.0269. The first-order chi connectivity index (χ1) is 10.3. The molecule has 0 aliphatic heterocycles. The molecule has 1 N–H and O–H groups in total. The average molecular weight is 363 g/mol. The van der Waals surface area contributed by atoms with Gasteiger partial charge in [-0.05, 0) is 12.1 Å². The van der Waals surface area contributed by atoms with Gasteiger partial charge in [-0.15, -0.1) is 0 Å². The smallest absolute Gasteiger partial charge is 0.339 e. The van der Waals surface area contributed by atoms with Gasteiger partial charge in [-0.3, -0.25) is 10.1 Å². The minimum Gasteiger partial charge on any atom is -0.478 e. The van der Waals surface area contributed by atoms with Crippen LogP contribution in [0.25, 0.3) is 0 Å². The van der Waals surface area contributed by atoms with Crippen LogP contribution in [0.4, 0.5) is 5.69 Å². The number of non-ortho nitro benzene ring substituents is 1.